The van der Waals surface area contributed by atoms with Gasteiger partial charge in [-0.25, -0.2) is 0 Å². The first-order chi connectivity index (χ1) is 12.0. The minimum atomic E-state index is -0.185. The standard InChI is InChI=1S/C19H18ClN3O2/c1-13-17(11-21-23(13)2)22-19(24)15-7-5-6-14(10-15)12-25-18-9-4-3-8-16(18)20/h3-11H,12H2,1-2H3,(H,22,24). The Labute approximate surface area is 151 Å². The molecule has 1 heterocycles. The second kappa shape index (κ2) is 7.40. The van der Waals surface area contributed by atoms with Crippen LogP contribution in [-0.2, 0) is 13.7 Å². The molecule has 128 valence electrons. The number of amides is 1. The smallest absolute Gasteiger partial charge is 0.255 e. The Bertz CT molecular complexity index is 905. The zero-order valence-electron chi connectivity index (χ0n) is 14.0. The Kier molecular flexibility index (Phi) is 5.05. The molecule has 6 heteroatoms. The molecule has 0 aliphatic rings. The Morgan fingerprint density at radius 1 is 1.24 bits per heavy atom. The van der Waals surface area contributed by atoms with Gasteiger partial charge < -0.3 is 10.1 Å². The molecule has 3 aromatic rings. The number of para-hydroxylation sites is 1. The summed E-state index contributed by atoms with van der Waals surface area (Å²) in [6, 6.07) is 14.6. The van der Waals surface area contributed by atoms with Crippen LogP contribution in [0, 0.1) is 6.92 Å². The van der Waals surface area contributed by atoms with E-state index in [4.69, 9.17) is 16.3 Å². The summed E-state index contributed by atoms with van der Waals surface area (Å²) >= 11 is 6.08. The molecule has 0 unspecified atom stereocenters. The second-order valence-corrected chi connectivity index (χ2v) is 6.05. The van der Waals surface area contributed by atoms with Crippen molar-refractivity contribution in [2.24, 2.45) is 7.05 Å². The van der Waals surface area contributed by atoms with Crippen molar-refractivity contribution in [3.05, 3.63) is 76.6 Å². The summed E-state index contributed by atoms with van der Waals surface area (Å²) in [6.45, 7) is 2.23. The van der Waals surface area contributed by atoms with Gasteiger partial charge in [-0.2, -0.15) is 5.10 Å². The Balaban J connectivity index is 1.69. The lowest BCUT2D eigenvalue weighted by Crippen LogP contribution is -2.13. The first kappa shape index (κ1) is 17.0. The highest BCUT2D eigenvalue weighted by Gasteiger charge is 2.11. The quantitative estimate of drug-likeness (QED) is 0.745. The normalized spacial score (nSPS) is 10.5. The Hall–Kier alpha value is -2.79. The highest BCUT2D eigenvalue weighted by atomic mass is 35.5. The molecule has 0 radical (unpaired) electrons. The number of benzene rings is 2. The van der Waals surface area contributed by atoms with Crippen molar-refractivity contribution < 1.29 is 9.53 Å². The van der Waals surface area contributed by atoms with E-state index in [0.29, 0.717) is 28.6 Å². The number of hydrogen-bond donors (Lipinski definition) is 1. The molecule has 0 atom stereocenters. The second-order valence-electron chi connectivity index (χ2n) is 5.64. The predicted octanol–water partition coefficient (Wildman–Crippen LogP) is 4.21. The van der Waals surface area contributed by atoms with Crippen LogP contribution in [0.3, 0.4) is 0 Å². The number of nitrogens with zero attached hydrogens (tertiary/aromatic N) is 2. The Morgan fingerprint density at radius 3 is 2.76 bits per heavy atom. The van der Waals surface area contributed by atoms with Gasteiger partial charge in [0.05, 0.1) is 22.6 Å². The molecule has 0 saturated carbocycles. The molecule has 5 nitrogen and oxygen atoms in total. The molecule has 0 saturated heterocycles. The third-order valence-corrected chi connectivity index (χ3v) is 4.22. The van der Waals surface area contributed by atoms with Crippen molar-refractivity contribution in [1.82, 2.24) is 9.78 Å². The van der Waals surface area contributed by atoms with Crippen LogP contribution in [0.5, 0.6) is 5.75 Å². The van der Waals surface area contributed by atoms with Crippen LogP contribution >= 0.6 is 11.6 Å². The highest BCUT2D eigenvalue weighted by molar-refractivity contribution is 6.32. The van der Waals surface area contributed by atoms with Gasteiger partial charge >= 0.3 is 0 Å². The summed E-state index contributed by atoms with van der Waals surface area (Å²) in [5, 5.41) is 7.55. The molecule has 0 aliphatic heterocycles. The fraction of sp³-hybridized carbons (Fsp3) is 0.158. The summed E-state index contributed by atoms with van der Waals surface area (Å²) < 4.78 is 7.43. The number of halogens is 1. The lowest BCUT2D eigenvalue weighted by molar-refractivity contribution is 0.102. The number of carbonyl (C=O) groups is 1. The number of ether oxygens (including phenoxy) is 1. The number of nitrogens with one attached hydrogen (secondary N) is 1. The van der Waals surface area contributed by atoms with E-state index in [-0.39, 0.29) is 5.91 Å². The zero-order chi connectivity index (χ0) is 17.8. The van der Waals surface area contributed by atoms with Gasteiger partial charge in [0.15, 0.2) is 0 Å². The fourth-order valence-electron chi connectivity index (χ4n) is 2.34. The average Bonchev–Trinajstić information content (AvgIpc) is 2.93. The summed E-state index contributed by atoms with van der Waals surface area (Å²) in [4.78, 5) is 12.4. The van der Waals surface area contributed by atoms with E-state index in [1.807, 2.05) is 44.3 Å². The van der Waals surface area contributed by atoms with Crippen molar-refractivity contribution >= 4 is 23.2 Å². The van der Waals surface area contributed by atoms with Gasteiger partial charge in [0.1, 0.15) is 12.4 Å². The van der Waals surface area contributed by atoms with Gasteiger partial charge in [-0.3, -0.25) is 9.48 Å². The van der Waals surface area contributed by atoms with E-state index in [9.17, 15) is 4.79 Å². The predicted molar refractivity (Wildman–Crippen MR) is 98.1 cm³/mol. The summed E-state index contributed by atoms with van der Waals surface area (Å²) in [5.41, 5.74) is 3.04. The maximum absolute atomic E-state index is 12.4. The molecule has 0 fully saturated rings. The monoisotopic (exact) mass is 355 g/mol. The van der Waals surface area contributed by atoms with E-state index in [0.717, 1.165) is 11.3 Å². The van der Waals surface area contributed by atoms with Gasteiger partial charge in [-0.15, -0.1) is 0 Å². The van der Waals surface area contributed by atoms with Gasteiger partial charge in [0.25, 0.3) is 5.91 Å². The third kappa shape index (κ3) is 4.00. The number of aryl methyl sites for hydroxylation is 1. The minimum Gasteiger partial charge on any atom is -0.487 e. The lowest BCUT2D eigenvalue weighted by Gasteiger charge is -2.09. The van der Waals surface area contributed by atoms with Gasteiger partial charge in [-0.05, 0) is 36.8 Å². The molecule has 25 heavy (non-hydrogen) atoms. The summed E-state index contributed by atoms with van der Waals surface area (Å²) in [6.07, 6.45) is 1.64. The van der Waals surface area contributed by atoms with E-state index in [1.165, 1.54) is 0 Å². The molecule has 0 spiro atoms. The molecule has 1 aromatic heterocycles. The van der Waals surface area contributed by atoms with Crippen molar-refractivity contribution in [2.45, 2.75) is 13.5 Å². The zero-order valence-corrected chi connectivity index (χ0v) is 14.7. The maximum Gasteiger partial charge on any atom is 0.255 e. The highest BCUT2D eigenvalue weighted by Crippen LogP contribution is 2.24. The lowest BCUT2D eigenvalue weighted by atomic mass is 10.1. The maximum atomic E-state index is 12.4. The Morgan fingerprint density at radius 2 is 2.04 bits per heavy atom. The van der Waals surface area contributed by atoms with Crippen LogP contribution in [-0.4, -0.2) is 15.7 Å². The van der Waals surface area contributed by atoms with E-state index < -0.39 is 0 Å². The van der Waals surface area contributed by atoms with Crippen LogP contribution in [0.15, 0.2) is 54.7 Å². The van der Waals surface area contributed by atoms with E-state index in [1.54, 1.807) is 29.1 Å². The van der Waals surface area contributed by atoms with Gasteiger partial charge in [-0.1, -0.05) is 35.9 Å². The van der Waals surface area contributed by atoms with Crippen LogP contribution in [0.4, 0.5) is 5.69 Å². The first-order valence-corrected chi connectivity index (χ1v) is 8.18. The van der Waals surface area contributed by atoms with Crippen molar-refractivity contribution in [1.29, 1.82) is 0 Å². The molecule has 0 aliphatic carbocycles. The van der Waals surface area contributed by atoms with E-state index in [2.05, 4.69) is 10.4 Å². The summed E-state index contributed by atoms with van der Waals surface area (Å²) in [5.74, 6) is 0.431. The fourth-order valence-corrected chi connectivity index (χ4v) is 2.53. The molecule has 0 bridgehead atoms. The number of hydrogen-bond acceptors (Lipinski definition) is 3. The molecule has 1 N–H and O–H groups in total. The topological polar surface area (TPSA) is 56.1 Å². The van der Waals surface area contributed by atoms with Crippen molar-refractivity contribution in [3.8, 4) is 5.75 Å². The van der Waals surface area contributed by atoms with Gasteiger partial charge in [0, 0.05) is 12.6 Å². The van der Waals surface area contributed by atoms with Crippen LogP contribution < -0.4 is 10.1 Å². The largest absolute Gasteiger partial charge is 0.487 e. The molecular formula is C19H18ClN3O2. The SMILES string of the molecule is Cc1c(NC(=O)c2cccc(COc3ccccc3Cl)c2)cnn1C. The van der Waals surface area contributed by atoms with Crippen molar-refractivity contribution in [2.75, 3.05) is 5.32 Å². The van der Waals surface area contributed by atoms with Crippen molar-refractivity contribution in [3.63, 3.8) is 0 Å². The number of carbonyl (C=O) groups excluding carboxylic acids is 1. The number of rotatable bonds is 5. The molecular weight excluding hydrogens is 338 g/mol. The van der Waals surface area contributed by atoms with Crippen LogP contribution in [0.2, 0.25) is 5.02 Å². The van der Waals surface area contributed by atoms with E-state index >= 15 is 0 Å². The minimum absolute atomic E-state index is 0.185. The third-order valence-electron chi connectivity index (χ3n) is 3.90. The first-order valence-electron chi connectivity index (χ1n) is 7.81. The molecule has 3 rings (SSSR count). The average molecular weight is 356 g/mol. The van der Waals surface area contributed by atoms with Gasteiger partial charge in [0.2, 0.25) is 0 Å². The van der Waals surface area contributed by atoms with Crippen LogP contribution in [0.25, 0.3) is 0 Å². The number of anilines is 1. The van der Waals surface area contributed by atoms with Crippen LogP contribution in [0.1, 0.15) is 21.6 Å². The number of aromatic nitrogens is 2. The molecule has 1 amide bonds. The summed E-state index contributed by atoms with van der Waals surface area (Å²) in [7, 11) is 1.83. The molecule has 2 aromatic carbocycles.